The fraction of sp³-hybridized carbons (Fsp3) is 0.364. The van der Waals surface area contributed by atoms with Gasteiger partial charge in [-0.3, -0.25) is 4.72 Å². The lowest BCUT2D eigenvalue weighted by molar-refractivity contribution is 0.177. The fourth-order valence-electron chi connectivity index (χ4n) is 1.88. The highest BCUT2D eigenvalue weighted by Gasteiger charge is 2.16. The van der Waals surface area contributed by atoms with Gasteiger partial charge in [0.1, 0.15) is 0 Å². The van der Waals surface area contributed by atoms with Crippen molar-refractivity contribution in [3.05, 3.63) is 29.3 Å². The Kier molecular flexibility index (Phi) is 3.91. The Morgan fingerprint density at radius 2 is 2.16 bits per heavy atom. The molecule has 1 aromatic carbocycles. The molecule has 1 aromatic rings. The van der Waals surface area contributed by atoms with Crippen LogP contribution in [0, 0.1) is 0 Å². The van der Waals surface area contributed by atoms with Crippen molar-refractivity contribution in [1.29, 1.82) is 0 Å². The summed E-state index contributed by atoms with van der Waals surface area (Å²) in [4.78, 5) is 10.9. The smallest absolute Gasteiger partial charge is 0.422 e. The van der Waals surface area contributed by atoms with Gasteiger partial charge in [-0.2, -0.15) is 8.42 Å². The van der Waals surface area contributed by atoms with Crippen molar-refractivity contribution < 1.29 is 17.9 Å². The van der Waals surface area contributed by atoms with Crippen molar-refractivity contribution in [2.75, 3.05) is 18.4 Å². The molecule has 1 amide bonds. The van der Waals surface area contributed by atoms with E-state index in [9.17, 15) is 13.2 Å². The second-order valence-electron chi connectivity index (χ2n) is 4.11. The second kappa shape index (κ2) is 5.45. The third kappa shape index (κ3) is 3.58. The highest BCUT2D eigenvalue weighted by atomic mass is 32.2. The molecule has 0 saturated carbocycles. The van der Waals surface area contributed by atoms with Crippen LogP contribution in [-0.2, 0) is 27.9 Å². The minimum atomic E-state index is -3.97. The van der Waals surface area contributed by atoms with E-state index in [-0.39, 0.29) is 0 Å². The zero-order chi connectivity index (χ0) is 13.9. The number of amides is 1. The standard InChI is InChI=1S/C11H15N3O4S/c1-18-11(15)14-19(16,17)13-10-3-2-8-4-5-12-7-9(8)6-10/h2-3,6,12-13H,4-5,7H2,1H3,(H,14,15). The van der Waals surface area contributed by atoms with Crippen molar-refractivity contribution >= 4 is 22.0 Å². The SMILES string of the molecule is COC(=O)NS(=O)(=O)Nc1ccc2c(c1)CNCC2. The quantitative estimate of drug-likeness (QED) is 0.744. The van der Waals surface area contributed by atoms with E-state index in [1.54, 1.807) is 16.9 Å². The van der Waals surface area contributed by atoms with Crippen LogP contribution in [0.1, 0.15) is 11.1 Å². The van der Waals surface area contributed by atoms with Gasteiger partial charge in [0.2, 0.25) is 0 Å². The van der Waals surface area contributed by atoms with Gasteiger partial charge in [0.25, 0.3) is 0 Å². The molecule has 7 nitrogen and oxygen atoms in total. The number of carbonyl (C=O) groups excluding carboxylic acids is 1. The lowest BCUT2D eigenvalue weighted by Gasteiger charge is -2.18. The molecule has 1 aliphatic rings. The molecule has 0 atom stereocenters. The molecule has 1 heterocycles. The molecule has 0 saturated heterocycles. The van der Waals surface area contributed by atoms with Crippen molar-refractivity contribution in [2.24, 2.45) is 0 Å². The van der Waals surface area contributed by atoms with Crippen LogP contribution in [0.2, 0.25) is 0 Å². The molecule has 0 fully saturated rings. The molecule has 19 heavy (non-hydrogen) atoms. The lowest BCUT2D eigenvalue weighted by atomic mass is 10.0. The third-order valence-corrected chi connectivity index (χ3v) is 3.69. The Morgan fingerprint density at radius 3 is 2.89 bits per heavy atom. The summed E-state index contributed by atoms with van der Waals surface area (Å²) < 4.78 is 31.4. The number of nitrogens with one attached hydrogen (secondary N) is 3. The number of methoxy groups -OCH3 is 1. The van der Waals surface area contributed by atoms with E-state index < -0.39 is 16.3 Å². The van der Waals surface area contributed by atoms with E-state index in [1.165, 1.54) is 5.56 Å². The summed E-state index contributed by atoms with van der Waals surface area (Å²) in [6.45, 7) is 1.62. The number of hydrogen-bond donors (Lipinski definition) is 3. The van der Waals surface area contributed by atoms with Gasteiger partial charge in [-0.05, 0) is 36.2 Å². The maximum atomic E-state index is 11.6. The molecule has 104 valence electrons. The van der Waals surface area contributed by atoms with Crippen LogP contribution in [0.15, 0.2) is 18.2 Å². The summed E-state index contributed by atoms with van der Waals surface area (Å²) in [5, 5.41) is 3.21. The number of anilines is 1. The maximum absolute atomic E-state index is 11.6. The zero-order valence-electron chi connectivity index (χ0n) is 10.4. The van der Waals surface area contributed by atoms with E-state index in [0.29, 0.717) is 12.2 Å². The van der Waals surface area contributed by atoms with Gasteiger partial charge in [-0.1, -0.05) is 6.07 Å². The molecular formula is C11H15N3O4S. The third-order valence-electron chi connectivity index (χ3n) is 2.75. The average molecular weight is 285 g/mol. The van der Waals surface area contributed by atoms with Crippen LogP contribution >= 0.6 is 0 Å². The number of carbonyl (C=O) groups is 1. The van der Waals surface area contributed by atoms with Crippen LogP contribution in [0.25, 0.3) is 0 Å². The molecule has 0 bridgehead atoms. The number of hydrogen-bond acceptors (Lipinski definition) is 5. The van der Waals surface area contributed by atoms with E-state index in [4.69, 9.17) is 0 Å². The minimum Gasteiger partial charge on any atom is -0.452 e. The summed E-state index contributed by atoms with van der Waals surface area (Å²) in [6.07, 6.45) is -0.116. The largest absolute Gasteiger partial charge is 0.452 e. The molecule has 0 spiro atoms. The Morgan fingerprint density at radius 1 is 1.37 bits per heavy atom. The van der Waals surface area contributed by atoms with Crippen LogP contribution in [-0.4, -0.2) is 28.2 Å². The monoisotopic (exact) mass is 285 g/mol. The van der Waals surface area contributed by atoms with Gasteiger partial charge < -0.3 is 10.1 Å². The van der Waals surface area contributed by atoms with Crippen LogP contribution in [0.5, 0.6) is 0 Å². The first kappa shape index (κ1) is 13.6. The summed E-state index contributed by atoms with van der Waals surface area (Å²) >= 11 is 0. The van der Waals surface area contributed by atoms with Crippen LogP contribution < -0.4 is 14.8 Å². The van der Waals surface area contributed by atoms with Crippen molar-refractivity contribution in [3.63, 3.8) is 0 Å². The fourth-order valence-corrected chi connectivity index (χ4v) is 2.67. The predicted molar refractivity (Wildman–Crippen MR) is 69.9 cm³/mol. The zero-order valence-corrected chi connectivity index (χ0v) is 11.2. The minimum absolute atomic E-state index is 0.402. The van der Waals surface area contributed by atoms with Crippen molar-refractivity contribution in [3.8, 4) is 0 Å². The predicted octanol–water partition coefficient (Wildman–Crippen LogP) is 0.345. The van der Waals surface area contributed by atoms with Gasteiger partial charge in [-0.15, -0.1) is 0 Å². The first-order valence-electron chi connectivity index (χ1n) is 5.71. The Bertz CT molecular complexity index is 586. The molecule has 0 aliphatic carbocycles. The number of ether oxygens (including phenoxy) is 1. The summed E-state index contributed by atoms with van der Waals surface area (Å²) in [5.74, 6) is 0. The van der Waals surface area contributed by atoms with E-state index in [2.05, 4.69) is 14.8 Å². The maximum Gasteiger partial charge on any atom is 0.422 e. The van der Waals surface area contributed by atoms with Gasteiger partial charge in [0, 0.05) is 6.54 Å². The molecular weight excluding hydrogens is 270 g/mol. The average Bonchev–Trinajstić information content (AvgIpc) is 2.37. The topological polar surface area (TPSA) is 96.5 Å². The second-order valence-corrected chi connectivity index (χ2v) is 5.52. The number of fused-ring (bicyclic) bond motifs is 1. The van der Waals surface area contributed by atoms with Crippen molar-refractivity contribution in [1.82, 2.24) is 10.0 Å². The molecule has 0 unspecified atom stereocenters. The molecule has 2 rings (SSSR count). The van der Waals surface area contributed by atoms with E-state index in [1.807, 2.05) is 6.07 Å². The van der Waals surface area contributed by atoms with Gasteiger partial charge >= 0.3 is 16.3 Å². The van der Waals surface area contributed by atoms with Crippen LogP contribution in [0.4, 0.5) is 10.5 Å². The van der Waals surface area contributed by atoms with E-state index >= 15 is 0 Å². The van der Waals surface area contributed by atoms with Gasteiger partial charge in [-0.25, -0.2) is 9.52 Å². The normalized spacial score (nSPS) is 14.4. The van der Waals surface area contributed by atoms with Gasteiger partial charge in [0.15, 0.2) is 0 Å². The summed E-state index contributed by atoms with van der Waals surface area (Å²) in [5.41, 5.74) is 2.64. The Hall–Kier alpha value is -1.80. The van der Waals surface area contributed by atoms with E-state index in [0.717, 1.165) is 25.6 Å². The summed E-state index contributed by atoms with van der Waals surface area (Å²) in [6, 6.07) is 5.30. The Labute approximate surface area is 111 Å². The first-order valence-corrected chi connectivity index (χ1v) is 7.19. The summed E-state index contributed by atoms with van der Waals surface area (Å²) in [7, 11) is -2.87. The first-order chi connectivity index (χ1) is 9.00. The molecule has 1 aliphatic heterocycles. The lowest BCUT2D eigenvalue weighted by Crippen LogP contribution is -2.35. The molecule has 3 N–H and O–H groups in total. The molecule has 0 aromatic heterocycles. The molecule has 8 heteroatoms. The highest BCUT2D eigenvalue weighted by Crippen LogP contribution is 2.19. The number of rotatable bonds is 3. The van der Waals surface area contributed by atoms with Crippen LogP contribution in [0.3, 0.4) is 0 Å². The van der Waals surface area contributed by atoms with Crippen molar-refractivity contribution in [2.45, 2.75) is 13.0 Å². The number of benzene rings is 1. The molecule has 0 radical (unpaired) electrons. The Balaban J connectivity index is 2.13. The highest BCUT2D eigenvalue weighted by molar-refractivity contribution is 7.91. The van der Waals surface area contributed by atoms with Gasteiger partial charge in [0.05, 0.1) is 12.8 Å².